The summed E-state index contributed by atoms with van der Waals surface area (Å²) in [6.07, 6.45) is 3.88. The molecule has 3 aromatic heterocycles. The van der Waals surface area contributed by atoms with E-state index in [-0.39, 0.29) is 6.61 Å². The first-order chi connectivity index (χ1) is 13.8. The summed E-state index contributed by atoms with van der Waals surface area (Å²) >= 11 is 0. The molecule has 4 aromatic rings. The molecule has 5 rings (SSSR count). The first kappa shape index (κ1) is 16.4. The number of benzene rings is 1. The first-order valence-electron chi connectivity index (χ1n) is 8.92. The van der Waals surface area contributed by atoms with E-state index in [9.17, 15) is 0 Å². The molecular formula is C20H18N6O2. The molecule has 0 amide bonds. The molecule has 0 spiro atoms. The Balaban J connectivity index is 1.41. The monoisotopic (exact) mass is 374 g/mol. The molecule has 0 unspecified atom stereocenters. The highest BCUT2D eigenvalue weighted by atomic mass is 16.5. The summed E-state index contributed by atoms with van der Waals surface area (Å²) in [5.74, 6) is 2.24. The van der Waals surface area contributed by atoms with Crippen LogP contribution in [-0.2, 0) is 11.3 Å². The van der Waals surface area contributed by atoms with E-state index in [2.05, 4.69) is 25.6 Å². The zero-order valence-corrected chi connectivity index (χ0v) is 15.2. The fourth-order valence-corrected chi connectivity index (χ4v) is 3.21. The van der Waals surface area contributed by atoms with Crippen LogP contribution in [0.25, 0.3) is 22.8 Å². The minimum Gasteiger partial charge on any atom is -0.497 e. The van der Waals surface area contributed by atoms with Gasteiger partial charge in [-0.25, -0.2) is 0 Å². The van der Waals surface area contributed by atoms with E-state index in [1.54, 1.807) is 11.6 Å². The number of aromatic nitrogens is 5. The number of nitrogens with zero attached hydrogens (tertiary/aromatic N) is 4. The van der Waals surface area contributed by atoms with Crippen molar-refractivity contribution in [1.29, 1.82) is 0 Å². The van der Waals surface area contributed by atoms with Crippen LogP contribution in [0.5, 0.6) is 5.75 Å². The lowest BCUT2D eigenvalue weighted by molar-refractivity contribution is 0.251. The number of rotatable bonds is 5. The molecule has 0 atom stereocenters. The van der Waals surface area contributed by atoms with Crippen molar-refractivity contribution in [2.75, 3.05) is 19.0 Å². The third kappa shape index (κ3) is 2.84. The standard InChI is InChI=1S/C20H18N6O2/c1-27-13-4-5-14-17(11-13)22-10-8-18(14)28-12-20-24-23-19-7-6-16(25-26(19)20)15-3-2-9-21-15/h2-9,11,21-22H,10,12H2,1H3. The number of hydrogen-bond acceptors (Lipinski definition) is 6. The average molecular weight is 374 g/mol. The highest BCUT2D eigenvalue weighted by Gasteiger charge is 2.16. The molecule has 8 heteroatoms. The Bertz CT molecular complexity index is 1160. The Morgan fingerprint density at radius 2 is 2.11 bits per heavy atom. The predicted molar refractivity (Wildman–Crippen MR) is 105 cm³/mol. The molecule has 0 saturated heterocycles. The molecule has 0 saturated carbocycles. The second-order valence-electron chi connectivity index (χ2n) is 6.34. The molecule has 1 aliphatic rings. The summed E-state index contributed by atoms with van der Waals surface area (Å²) in [6, 6.07) is 13.6. The van der Waals surface area contributed by atoms with Gasteiger partial charge in [-0.1, -0.05) is 0 Å². The van der Waals surface area contributed by atoms with Crippen molar-refractivity contribution in [3.05, 3.63) is 66.1 Å². The number of aromatic amines is 1. The average Bonchev–Trinajstić information content (AvgIpc) is 3.41. The second-order valence-corrected chi connectivity index (χ2v) is 6.34. The third-order valence-electron chi connectivity index (χ3n) is 4.63. The lowest BCUT2D eigenvalue weighted by Gasteiger charge is -2.20. The number of methoxy groups -OCH3 is 1. The highest BCUT2D eigenvalue weighted by Crippen LogP contribution is 2.32. The summed E-state index contributed by atoms with van der Waals surface area (Å²) in [5, 5.41) is 16.4. The Morgan fingerprint density at radius 1 is 1.14 bits per heavy atom. The molecule has 4 heterocycles. The van der Waals surface area contributed by atoms with Crippen LogP contribution in [-0.4, -0.2) is 38.4 Å². The van der Waals surface area contributed by atoms with Crippen molar-refractivity contribution < 1.29 is 9.47 Å². The SMILES string of the molecule is COc1ccc2c(c1)NCC=C2OCc1nnc2ccc(-c3ccc[nH]3)nn12. The molecule has 140 valence electrons. The number of fused-ring (bicyclic) bond motifs is 2. The van der Waals surface area contributed by atoms with E-state index in [4.69, 9.17) is 9.47 Å². The first-order valence-corrected chi connectivity index (χ1v) is 8.92. The Kier molecular flexibility index (Phi) is 3.93. The molecule has 28 heavy (non-hydrogen) atoms. The van der Waals surface area contributed by atoms with Gasteiger partial charge in [-0.2, -0.15) is 9.61 Å². The molecule has 1 aliphatic heterocycles. The lowest BCUT2D eigenvalue weighted by Crippen LogP contribution is -2.11. The van der Waals surface area contributed by atoms with Crippen molar-refractivity contribution in [2.45, 2.75) is 6.61 Å². The molecule has 0 bridgehead atoms. The maximum Gasteiger partial charge on any atom is 0.192 e. The molecule has 0 radical (unpaired) electrons. The van der Waals surface area contributed by atoms with Crippen molar-refractivity contribution in [3.8, 4) is 17.1 Å². The van der Waals surface area contributed by atoms with Gasteiger partial charge in [0, 0.05) is 30.1 Å². The van der Waals surface area contributed by atoms with Crippen molar-refractivity contribution in [2.24, 2.45) is 0 Å². The molecule has 1 aromatic carbocycles. The summed E-state index contributed by atoms with van der Waals surface area (Å²) in [5.41, 5.74) is 4.40. The van der Waals surface area contributed by atoms with Crippen LogP contribution in [0.15, 0.2) is 54.7 Å². The number of nitrogens with one attached hydrogen (secondary N) is 2. The quantitative estimate of drug-likeness (QED) is 0.558. The molecule has 2 N–H and O–H groups in total. The number of ether oxygens (including phenoxy) is 2. The van der Waals surface area contributed by atoms with E-state index >= 15 is 0 Å². The molecule has 8 nitrogen and oxygen atoms in total. The predicted octanol–water partition coefficient (Wildman–Crippen LogP) is 3.11. The van der Waals surface area contributed by atoms with Crippen LogP contribution in [0.1, 0.15) is 11.4 Å². The Hall–Kier alpha value is -3.81. The second kappa shape index (κ2) is 6.73. The van der Waals surface area contributed by atoms with Crippen LogP contribution in [0.3, 0.4) is 0 Å². The Labute approximate surface area is 160 Å². The molecule has 0 fully saturated rings. The minimum atomic E-state index is 0.264. The van der Waals surface area contributed by atoms with Crippen molar-refractivity contribution in [3.63, 3.8) is 0 Å². The van der Waals surface area contributed by atoms with E-state index < -0.39 is 0 Å². The maximum absolute atomic E-state index is 6.08. The van der Waals surface area contributed by atoms with Gasteiger partial charge < -0.3 is 19.8 Å². The lowest BCUT2D eigenvalue weighted by atomic mass is 10.1. The maximum atomic E-state index is 6.08. The van der Waals surface area contributed by atoms with Crippen LogP contribution >= 0.6 is 0 Å². The van der Waals surface area contributed by atoms with Gasteiger partial charge in [0.15, 0.2) is 11.5 Å². The third-order valence-corrected chi connectivity index (χ3v) is 4.63. The van der Waals surface area contributed by atoms with E-state index in [0.29, 0.717) is 18.0 Å². The number of hydrogen-bond donors (Lipinski definition) is 2. The van der Waals surface area contributed by atoms with Crippen molar-refractivity contribution in [1.82, 2.24) is 24.8 Å². The Morgan fingerprint density at radius 3 is 2.96 bits per heavy atom. The summed E-state index contributed by atoms with van der Waals surface area (Å²) in [4.78, 5) is 3.16. The number of anilines is 1. The smallest absolute Gasteiger partial charge is 0.192 e. The van der Waals surface area contributed by atoms with Gasteiger partial charge in [-0.3, -0.25) is 0 Å². The van der Waals surface area contributed by atoms with Crippen LogP contribution < -0.4 is 10.1 Å². The van der Waals surface area contributed by atoms with Crippen LogP contribution in [0, 0.1) is 0 Å². The largest absolute Gasteiger partial charge is 0.497 e. The van der Waals surface area contributed by atoms with Gasteiger partial charge in [0.1, 0.15) is 23.8 Å². The summed E-state index contributed by atoms with van der Waals surface area (Å²) < 4.78 is 13.1. The zero-order valence-electron chi connectivity index (χ0n) is 15.2. The van der Waals surface area contributed by atoms with Crippen molar-refractivity contribution >= 4 is 17.1 Å². The highest BCUT2D eigenvalue weighted by molar-refractivity contribution is 5.77. The van der Waals surface area contributed by atoms with Gasteiger partial charge in [0.2, 0.25) is 0 Å². The molecular weight excluding hydrogens is 356 g/mol. The minimum absolute atomic E-state index is 0.264. The molecule has 0 aliphatic carbocycles. The van der Waals surface area contributed by atoms with Gasteiger partial charge in [0.25, 0.3) is 0 Å². The van der Waals surface area contributed by atoms with Crippen LogP contribution in [0.2, 0.25) is 0 Å². The normalized spacial score (nSPS) is 13.0. The van der Waals surface area contributed by atoms with Gasteiger partial charge >= 0.3 is 0 Å². The van der Waals surface area contributed by atoms with Gasteiger partial charge in [-0.05, 0) is 42.5 Å². The fourth-order valence-electron chi connectivity index (χ4n) is 3.21. The van der Waals surface area contributed by atoms with E-state index in [1.165, 1.54) is 0 Å². The van der Waals surface area contributed by atoms with Gasteiger partial charge in [-0.15, -0.1) is 10.2 Å². The fraction of sp³-hybridized carbons (Fsp3) is 0.150. The van der Waals surface area contributed by atoms with Gasteiger partial charge in [0.05, 0.1) is 12.8 Å². The topological polar surface area (TPSA) is 89.4 Å². The van der Waals surface area contributed by atoms with E-state index in [0.717, 1.165) is 34.1 Å². The summed E-state index contributed by atoms with van der Waals surface area (Å²) in [6.45, 7) is 0.949. The summed E-state index contributed by atoms with van der Waals surface area (Å²) in [7, 11) is 1.66. The van der Waals surface area contributed by atoms with Crippen LogP contribution in [0.4, 0.5) is 5.69 Å². The number of H-pyrrole nitrogens is 1. The van der Waals surface area contributed by atoms with E-state index in [1.807, 2.05) is 54.7 Å². The zero-order chi connectivity index (χ0) is 18.9.